The molecule has 1 heterocycles. The lowest BCUT2D eigenvalue weighted by atomic mass is 10.2. The number of aliphatic imine (C=N–C) groups is 1. The van der Waals surface area contributed by atoms with Crippen molar-refractivity contribution in [3.63, 3.8) is 0 Å². The number of guanidine groups is 1. The second kappa shape index (κ2) is 13.0. The third-order valence-corrected chi connectivity index (χ3v) is 4.96. The zero-order valence-corrected chi connectivity index (χ0v) is 18.3. The maximum atomic E-state index is 11.7. The lowest BCUT2D eigenvalue weighted by molar-refractivity contribution is 0.250. The van der Waals surface area contributed by atoms with Crippen LogP contribution >= 0.6 is 0 Å². The first-order valence-corrected chi connectivity index (χ1v) is 10.9. The average molecular weight is 403 g/mol. The normalized spacial score (nSPS) is 15.7. The Kier molecular flexibility index (Phi) is 10.3. The van der Waals surface area contributed by atoms with Crippen molar-refractivity contribution in [3.8, 4) is 0 Å². The van der Waals surface area contributed by atoms with E-state index < -0.39 is 0 Å². The monoisotopic (exact) mass is 402 g/mol. The third-order valence-electron chi connectivity index (χ3n) is 4.96. The highest BCUT2D eigenvalue weighted by Crippen LogP contribution is 2.10. The third kappa shape index (κ3) is 9.65. The molecule has 0 spiro atoms. The summed E-state index contributed by atoms with van der Waals surface area (Å²) in [6.07, 6.45) is 6.57. The molecule has 0 atom stereocenters. The second-order valence-electron chi connectivity index (χ2n) is 7.91. The van der Waals surface area contributed by atoms with Gasteiger partial charge < -0.3 is 26.2 Å². The molecule has 0 bridgehead atoms. The summed E-state index contributed by atoms with van der Waals surface area (Å²) in [5.74, 6) is 0.819. The molecule has 4 N–H and O–H groups in total. The van der Waals surface area contributed by atoms with Crippen LogP contribution in [0.4, 0.5) is 10.5 Å². The maximum Gasteiger partial charge on any atom is 0.319 e. The number of hydrogen-bond acceptors (Lipinski definition) is 3. The zero-order chi connectivity index (χ0) is 20.9. The molecule has 1 saturated heterocycles. The Morgan fingerprint density at radius 1 is 1.07 bits per heavy atom. The first-order chi connectivity index (χ1) is 14.1. The van der Waals surface area contributed by atoms with Crippen molar-refractivity contribution in [1.29, 1.82) is 0 Å². The van der Waals surface area contributed by atoms with Gasteiger partial charge in [0.25, 0.3) is 0 Å². The predicted octanol–water partition coefficient (Wildman–Crippen LogP) is 3.15. The van der Waals surface area contributed by atoms with Crippen LogP contribution in [0.1, 0.15) is 51.5 Å². The summed E-state index contributed by atoms with van der Waals surface area (Å²) < 4.78 is 0. The molecule has 29 heavy (non-hydrogen) atoms. The second-order valence-corrected chi connectivity index (χ2v) is 7.91. The number of anilines is 1. The van der Waals surface area contributed by atoms with Crippen molar-refractivity contribution in [2.24, 2.45) is 4.99 Å². The minimum Gasteiger partial charge on any atom is -0.356 e. The number of carbonyl (C=O) groups is 1. The van der Waals surface area contributed by atoms with Crippen LogP contribution in [0.3, 0.4) is 0 Å². The van der Waals surface area contributed by atoms with Crippen molar-refractivity contribution < 1.29 is 4.79 Å². The lowest BCUT2D eigenvalue weighted by Crippen LogP contribution is -2.38. The van der Waals surface area contributed by atoms with Gasteiger partial charge >= 0.3 is 6.03 Å². The Balaban J connectivity index is 1.65. The molecule has 0 unspecified atom stereocenters. The smallest absolute Gasteiger partial charge is 0.319 e. The van der Waals surface area contributed by atoms with Crippen LogP contribution in [0.15, 0.2) is 29.3 Å². The molecule has 162 valence electrons. The molecule has 1 fully saturated rings. The van der Waals surface area contributed by atoms with E-state index in [0.717, 1.165) is 36.7 Å². The largest absolute Gasteiger partial charge is 0.356 e. The number of nitrogens with zero attached hydrogens (tertiary/aromatic N) is 2. The Labute approximate surface area is 175 Å². The van der Waals surface area contributed by atoms with Crippen LogP contribution < -0.4 is 21.3 Å². The summed E-state index contributed by atoms with van der Waals surface area (Å²) in [7, 11) is 1.80. The number of carbonyl (C=O) groups excluding carboxylic acids is 1. The van der Waals surface area contributed by atoms with E-state index in [2.05, 4.69) is 31.2 Å². The molecular formula is C22H38N6O. The Hall–Kier alpha value is -2.28. The van der Waals surface area contributed by atoms with Gasteiger partial charge in [0.1, 0.15) is 0 Å². The summed E-state index contributed by atoms with van der Waals surface area (Å²) in [5.41, 5.74) is 1.91. The van der Waals surface area contributed by atoms with Gasteiger partial charge in [-0.2, -0.15) is 0 Å². The SMILES string of the molecule is CN=C(NCCCN1CCCCCC1)NCc1ccc(NC(=O)NC(C)C)cc1. The summed E-state index contributed by atoms with van der Waals surface area (Å²) in [6, 6.07) is 7.76. The Morgan fingerprint density at radius 2 is 1.76 bits per heavy atom. The van der Waals surface area contributed by atoms with E-state index in [9.17, 15) is 4.79 Å². The number of amides is 2. The van der Waals surface area contributed by atoms with Gasteiger partial charge in [-0.3, -0.25) is 4.99 Å². The number of rotatable bonds is 8. The fourth-order valence-electron chi connectivity index (χ4n) is 3.41. The van der Waals surface area contributed by atoms with Crippen LogP contribution in [0.25, 0.3) is 0 Å². The highest BCUT2D eigenvalue weighted by Gasteiger charge is 2.08. The lowest BCUT2D eigenvalue weighted by Gasteiger charge is -2.20. The molecule has 2 rings (SSSR count). The number of hydrogen-bond donors (Lipinski definition) is 4. The van der Waals surface area contributed by atoms with E-state index in [4.69, 9.17) is 0 Å². The highest BCUT2D eigenvalue weighted by atomic mass is 16.2. The van der Waals surface area contributed by atoms with Gasteiger partial charge in [-0.25, -0.2) is 4.79 Å². The van der Waals surface area contributed by atoms with E-state index in [1.165, 1.54) is 38.8 Å². The standard InChI is InChI=1S/C22H38N6O/c1-18(2)26-22(29)27-20-11-9-19(10-12-20)17-25-21(23-3)24-13-8-16-28-14-6-4-5-7-15-28/h9-12,18H,4-8,13-17H2,1-3H3,(H2,23,24,25)(H2,26,27,29). The zero-order valence-electron chi connectivity index (χ0n) is 18.3. The van der Waals surface area contributed by atoms with E-state index in [1.54, 1.807) is 7.05 Å². The number of urea groups is 1. The highest BCUT2D eigenvalue weighted by molar-refractivity contribution is 5.89. The molecule has 0 aliphatic carbocycles. The Morgan fingerprint density at radius 3 is 2.38 bits per heavy atom. The Bertz CT molecular complexity index is 621. The van der Waals surface area contributed by atoms with Gasteiger partial charge in [0.15, 0.2) is 5.96 Å². The fourth-order valence-corrected chi connectivity index (χ4v) is 3.41. The van der Waals surface area contributed by atoms with Gasteiger partial charge in [0, 0.05) is 31.9 Å². The first-order valence-electron chi connectivity index (χ1n) is 10.9. The number of nitrogens with one attached hydrogen (secondary N) is 4. The van der Waals surface area contributed by atoms with Crippen molar-refractivity contribution in [1.82, 2.24) is 20.9 Å². The molecule has 0 aromatic heterocycles. The van der Waals surface area contributed by atoms with Gasteiger partial charge in [-0.15, -0.1) is 0 Å². The molecule has 1 aliphatic rings. The van der Waals surface area contributed by atoms with Crippen LogP contribution in [-0.2, 0) is 6.54 Å². The van der Waals surface area contributed by atoms with Crippen molar-refractivity contribution in [2.75, 3.05) is 38.5 Å². The summed E-state index contributed by atoms with van der Waals surface area (Å²) in [5, 5.41) is 12.4. The van der Waals surface area contributed by atoms with Crippen LogP contribution in [0.5, 0.6) is 0 Å². The topological polar surface area (TPSA) is 80.8 Å². The molecule has 0 radical (unpaired) electrons. The van der Waals surface area contributed by atoms with Crippen LogP contribution in [0, 0.1) is 0 Å². The number of benzene rings is 1. The van der Waals surface area contributed by atoms with E-state index in [1.807, 2.05) is 38.1 Å². The summed E-state index contributed by atoms with van der Waals surface area (Å²) in [4.78, 5) is 18.6. The van der Waals surface area contributed by atoms with Crippen LogP contribution in [0.2, 0.25) is 0 Å². The molecule has 1 aromatic carbocycles. The first kappa shape index (κ1) is 23.0. The number of likely N-dealkylation sites (tertiary alicyclic amines) is 1. The van der Waals surface area contributed by atoms with Gasteiger partial charge in [0.2, 0.25) is 0 Å². The minimum atomic E-state index is -0.185. The molecule has 7 nitrogen and oxygen atoms in total. The summed E-state index contributed by atoms with van der Waals surface area (Å²) >= 11 is 0. The van der Waals surface area contributed by atoms with Crippen LogP contribution in [-0.4, -0.2) is 56.2 Å². The van der Waals surface area contributed by atoms with Crippen molar-refractivity contribution in [3.05, 3.63) is 29.8 Å². The van der Waals surface area contributed by atoms with Gasteiger partial charge in [-0.05, 0) is 70.4 Å². The summed E-state index contributed by atoms with van der Waals surface area (Å²) in [6.45, 7) is 9.12. The quantitative estimate of drug-likeness (QED) is 0.306. The predicted molar refractivity (Wildman–Crippen MR) is 121 cm³/mol. The van der Waals surface area contributed by atoms with E-state index >= 15 is 0 Å². The van der Waals surface area contributed by atoms with E-state index in [-0.39, 0.29) is 12.1 Å². The van der Waals surface area contributed by atoms with Crippen molar-refractivity contribution in [2.45, 2.75) is 58.5 Å². The van der Waals surface area contributed by atoms with Gasteiger partial charge in [0.05, 0.1) is 0 Å². The molecule has 2 amide bonds. The molecule has 1 aromatic rings. The minimum absolute atomic E-state index is 0.113. The molecule has 7 heteroatoms. The van der Waals surface area contributed by atoms with Crippen molar-refractivity contribution >= 4 is 17.7 Å². The maximum absolute atomic E-state index is 11.7. The molecule has 1 aliphatic heterocycles. The molecule has 0 saturated carbocycles. The molecular weight excluding hydrogens is 364 g/mol. The fraction of sp³-hybridized carbons (Fsp3) is 0.636. The average Bonchev–Trinajstić information content (AvgIpc) is 2.97. The van der Waals surface area contributed by atoms with E-state index in [0.29, 0.717) is 6.54 Å². The van der Waals surface area contributed by atoms with Gasteiger partial charge in [-0.1, -0.05) is 25.0 Å².